The minimum atomic E-state index is 0.963. The van der Waals surface area contributed by atoms with Crippen molar-refractivity contribution in [1.82, 2.24) is 0 Å². The highest BCUT2D eigenvalue weighted by atomic mass is 31.0. The normalized spacial score (nSPS) is 8.89. The average molecular weight is 636 g/mol. The molecule has 45 heavy (non-hydrogen) atoms. The molecule has 2 rings (SSSR count). The van der Waals surface area contributed by atoms with Crippen LogP contribution in [0.3, 0.4) is 0 Å². The van der Waals surface area contributed by atoms with Gasteiger partial charge in [0.25, 0.3) is 0 Å². The smallest absolute Gasteiger partial charge is 0.0381 e. The van der Waals surface area contributed by atoms with Crippen molar-refractivity contribution in [2.75, 3.05) is 5.32 Å². The standard InChI is InChI=1S/C13H16.C11H15N.C8H18.C6H11P.C3H8.C2H6/c1-10(2)9-12(4)13-8-6-5-7-11(13)3;1-4-10-5-7-11(8-6-10)12-9(2)3;1-4-6-8(3)7-5-2;1-4-6(7)5(2)3;1-3-2;1-2/h5-9H,4H2,1-3H3;5-8,12H,2,4H2,1,3H3;8H,4-7H2,1-3H3;4H,1,7H2,2-3H3;3H2,1-2H3;1-2H3. The summed E-state index contributed by atoms with van der Waals surface area (Å²) in [7, 11) is 2.61. The number of aryl methyl sites for hydroxylation is 2. The van der Waals surface area contributed by atoms with Gasteiger partial charge in [-0.1, -0.05) is 167 Å². The molecule has 0 aliphatic carbocycles. The van der Waals surface area contributed by atoms with E-state index in [0.29, 0.717) is 0 Å². The van der Waals surface area contributed by atoms with Gasteiger partial charge in [-0.3, -0.25) is 0 Å². The van der Waals surface area contributed by atoms with E-state index in [2.05, 4.69) is 159 Å². The van der Waals surface area contributed by atoms with Crippen LogP contribution in [0.4, 0.5) is 5.69 Å². The molecule has 0 amide bonds. The van der Waals surface area contributed by atoms with Crippen LogP contribution < -0.4 is 5.32 Å². The van der Waals surface area contributed by atoms with Crippen molar-refractivity contribution < 1.29 is 0 Å². The average Bonchev–Trinajstić information content (AvgIpc) is 2.99. The molecule has 1 N–H and O–H groups in total. The first-order chi connectivity index (χ1) is 21.2. The second-order valence-electron chi connectivity index (χ2n) is 11.6. The van der Waals surface area contributed by atoms with Crippen LogP contribution in [0.15, 0.2) is 103 Å². The van der Waals surface area contributed by atoms with Crippen LogP contribution in [-0.2, 0) is 6.42 Å². The number of benzene rings is 2. The maximum absolute atomic E-state index is 4.05. The second kappa shape index (κ2) is 34.2. The van der Waals surface area contributed by atoms with E-state index in [9.17, 15) is 0 Å². The molecule has 0 radical (unpaired) electrons. The third kappa shape index (κ3) is 32.6. The molecule has 2 aromatic rings. The lowest BCUT2D eigenvalue weighted by Gasteiger charge is -2.05. The number of rotatable bonds is 10. The van der Waals surface area contributed by atoms with E-state index in [-0.39, 0.29) is 0 Å². The first kappa shape index (κ1) is 49.3. The first-order valence-corrected chi connectivity index (χ1v) is 17.8. The van der Waals surface area contributed by atoms with Gasteiger partial charge in [-0.15, -0.1) is 9.24 Å². The molecule has 0 saturated carbocycles. The summed E-state index contributed by atoms with van der Waals surface area (Å²) in [4.78, 5) is 0. The lowest BCUT2D eigenvalue weighted by Crippen LogP contribution is -1.93. The monoisotopic (exact) mass is 636 g/mol. The predicted molar refractivity (Wildman–Crippen MR) is 218 cm³/mol. The maximum atomic E-state index is 4.05. The topological polar surface area (TPSA) is 12.0 Å². The number of allylic oxidation sites excluding steroid dienone is 7. The molecule has 0 spiro atoms. The largest absolute Gasteiger partial charge is 0.360 e. The minimum Gasteiger partial charge on any atom is -0.360 e. The molecule has 1 atom stereocenters. The fourth-order valence-corrected chi connectivity index (χ4v) is 3.76. The molecule has 2 heteroatoms. The molecule has 1 unspecified atom stereocenters. The summed E-state index contributed by atoms with van der Waals surface area (Å²) in [6, 6.07) is 16.7. The zero-order valence-electron chi connectivity index (χ0n) is 32.3. The molecule has 0 aromatic heterocycles. The van der Waals surface area contributed by atoms with Gasteiger partial charge in [-0.2, -0.15) is 0 Å². The Labute approximate surface area is 285 Å². The fraction of sp³-hybridized carbons (Fsp3) is 0.488. The molecular weight excluding hydrogens is 561 g/mol. The van der Waals surface area contributed by atoms with Crippen LogP contribution in [0, 0.1) is 12.8 Å². The number of hydrogen-bond donors (Lipinski definition) is 1. The lowest BCUT2D eigenvalue weighted by molar-refractivity contribution is 0.480. The van der Waals surface area contributed by atoms with Crippen molar-refractivity contribution in [3.8, 4) is 0 Å². The Hall–Kier alpha value is -2.63. The van der Waals surface area contributed by atoms with Gasteiger partial charge in [0.2, 0.25) is 0 Å². The summed E-state index contributed by atoms with van der Waals surface area (Å²) in [6.07, 6.45) is 11.8. The zero-order chi connectivity index (χ0) is 35.8. The van der Waals surface area contributed by atoms with Crippen LogP contribution in [0.25, 0.3) is 5.57 Å². The number of hydrogen-bond acceptors (Lipinski definition) is 1. The summed E-state index contributed by atoms with van der Waals surface area (Å²) >= 11 is 0. The summed E-state index contributed by atoms with van der Waals surface area (Å²) in [5.41, 5.74) is 9.65. The van der Waals surface area contributed by atoms with Crippen LogP contribution in [0.2, 0.25) is 0 Å². The highest BCUT2D eigenvalue weighted by Crippen LogP contribution is 2.19. The van der Waals surface area contributed by atoms with Crippen molar-refractivity contribution in [2.45, 2.75) is 135 Å². The van der Waals surface area contributed by atoms with E-state index in [0.717, 1.165) is 29.3 Å². The Morgan fingerprint density at radius 3 is 1.60 bits per heavy atom. The highest BCUT2D eigenvalue weighted by Gasteiger charge is 1.98. The van der Waals surface area contributed by atoms with E-state index in [1.165, 1.54) is 65.3 Å². The highest BCUT2D eigenvalue weighted by molar-refractivity contribution is 7.23. The molecule has 0 heterocycles. The summed E-state index contributed by atoms with van der Waals surface area (Å²) < 4.78 is 0. The fourth-order valence-electron chi connectivity index (χ4n) is 3.76. The van der Waals surface area contributed by atoms with Gasteiger partial charge in [0.1, 0.15) is 0 Å². The van der Waals surface area contributed by atoms with Gasteiger partial charge in [0, 0.05) is 11.4 Å². The molecule has 0 aliphatic heterocycles. The molecule has 256 valence electrons. The Morgan fingerprint density at radius 2 is 1.29 bits per heavy atom. The molecule has 0 saturated heterocycles. The van der Waals surface area contributed by atoms with Gasteiger partial charge >= 0.3 is 0 Å². The Kier molecular flexibility index (Phi) is 37.5. The minimum absolute atomic E-state index is 0.963. The van der Waals surface area contributed by atoms with E-state index in [1.54, 1.807) is 0 Å². The van der Waals surface area contributed by atoms with Gasteiger partial charge in [-0.05, 0) is 93.6 Å². The van der Waals surface area contributed by atoms with Gasteiger partial charge in [-0.25, -0.2) is 0 Å². The first-order valence-electron chi connectivity index (χ1n) is 17.2. The number of anilines is 1. The summed E-state index contributed by atoms with van der Waals surface area (Å²) in [5.74, 6) is 0.963. The molecule has 1 nitrogen and oxygen atoms in total. The van der Waals surface area contributed by atoms with Crippen LogP contribution in [0.5, 0.6) is 0 Å². The summed E-state index contributed by atoms with van der Waals surface area (Å²) in [5, 5.41) is 4.36. The van der Waals surface area contributed by atoms with E-state index in [1.807, 2.05) is 32.9 Å². The van der Waals surface area contributed by atoms with Crippen molar-refractivity contribution in [1.29, 1.82) is 0 Å². The van der Waals surface area contributed by atoms with Gasteiger partial charge < -0.3 is 5.32 Å². The molecule has 0 fully saturated rings. The third-order valence-corrected chi connectivity index (χ3v) is 6.85. The van der Waals surface area contributed by atoms with Crippen LogP contribution >= 0.6 is 9.24 Å². The van der Waals surface area contributed by atoms with Gasteiger partial charge in [0.15, 0.2) is 0 Å². The van der Waals surface area contributed by atoms with Crippen molar-refractivity contribution in [3.05, 3.63) is 119 Å². The Bertz CT molecular complexity index is 1060. The van der Waals surface area contributed by atoms with Crippen molar-refractivity contribution in [2.24, 2.45) is 5.92 Å². The second-order valence-corrected chi connectivity index (χ2v) is 12.2. The molecule has 0 aliphatic rings. The number of nitrogens with one attached hydrogen (secondary N) is 1. The van der Waals surface area contributed by atoms with Crippen LogP contribution in [0.1, 0.15) is 139 Å². The molecule has 0 bridgehead atoms. The van der Waals surface area contributed by atoms with Crippen LogP contribution in [-0.4, -0.2) is 0 Å². The zero-order valence-corrected chi connectivity index (χ0v) is 33.4. The third-order valence-electron chi connectivity index (χ3n) is 6.03. The quantitative estimate of drug-likeness (QED) is 0.202. The van der Waals surface area contributed by atoms with Crippen molar-refractivity contribution in [3.63, 3.8) is 0 Å². The Balaban J connectivity index is -0.000000244. The van der Waals surface area contributed by atoms with E-state index >= 15 is 0 Å². The summed E-state index contributed by atoms with van der Waals surface area (Å²) in [6.45, 7) is 41.0. The predicted octanol–water partition coefficient (Wildman–Crippen LogP) is 15.2. The van der Waals surface area contributed by atoms with Crippen molar-refractivity contribution >= 4 is 20.5 Å². The van der Waals surface area contributed by atoms with Gasteiger partial charge in [0.05, 0.1) is 0 Å². The Morgan fingerprint density at radius 1 is 0.822 bits per heavy atom. The maximum Gasteiger partial charge on any atom is 0.0381 e. The SMILES string of the molecule is C=C(C)Nc1ccc(CC)cc1.C=C(C=C(C)C)c1ccccc1C.C=CC(P)=C(C)C.CC.CCC.CCCC(C)CCC. The lowest BCUT2D eigenvalue weighted by atomic mass is 10.0. The molecular formula is C43H74NP. The molecule has 2 aromatic carbocycles. The van der Waals surface area contributed by atoms with E-state index in [4.69, 9.17) is 0 Å². The van der Waals surface area contributed by atoms with E-state index < -0.39 is 0 Å².